The topological polar surface area (TPSA) is 118 Å². The van der Waals surface area contributed by atoms with E-state index in [2.05, 4.69) is 20.6 Å². The Morgan fingerprint density at radius 1 is 1.19 bits per heavy atom. The fourth-order valence-corrected chi connectivity index (χ4v) is 1.57. The van der Waals surface area contributed by atoms with E-state index in [-0.39, 0.29) is 0 Å². The smallest absolute Gasteiger partial charge is 0.316 e. The molecule has 0 aromatic carbocycles. The molecule has 0 radical (unpaired) electrons. The lowest BCUT2D eigenvalue weighted by Crippen LogP contribution is -2.29. The second kappa shape index (κ2) is 9.35. The van der Waals surface area contributed by atoms with E-state index in [0.29, 0.717) is 17.1 Å². The molecule has 0 rings (SSSR count). The normalized spacial score (nSPS) is 15.0. The summed E-state index contributed by atoms with van der Waals surface area (Å²) >= 11 is 0. The first-order chi connectivity index (χ1) is 9.83. The number of primary amides is 1. The number of allylic oxidation sites excluding steroid dienone is 5. The van der Waals surface area contributed by atoms with Crippen LogP contribution in [0, 0.1) is 0 Å². The second-order valence-electron chi connectivity index (χ2n) is 4.35. The molecule has 0 fully saturated rings. The predicted molar refractivity (Wildman–Crippen MR) is 88.0 cm³/mol. The summed E-state index contributed by atoms with van der Waals surface area (Å²) in [5.41, 5.74) is 14.3. The fraction of sp³-hybridized carbons (Fsp3) is 0.357. The lowest BCUT2D eigenvalue weighted by molar-refractivity contribution is 0.251. The Kier molecular flexibility index (Phi) is 8.21. The first kappa shape index (κ1) is 18.4. The van der Waals surface area contributed by atoms with Crippen molar-refractivity contribution in [2.75, 3.05) is 14.1 Å². The van der Waals surface area contributed by atoms with Crippen LogP contribution < -0.4 is 22.1 Å². The zero-order chi connectivity index (χ0) is 16.4. The van der Waals surface area contributed by atoms with Gasteiger partial charge in [-0.25, -0.2) is 9.79 Å². The maximum atomic E-state index is 10.9. The Morgan fingerprint density at radius 3 is 2.24 bits per heavy atom. The van der Waals surface area contributed by atoms with Crippen molar-refractivity contribution in [2.24, 2.45) is 21.5 Å². The van der Waals surface area contributed by atoms with Gasteiger partial charge in [-0.1, -0.05) is 0 Å². The monoisotopic (exact) mass is 292 g/mol. The molecule has 6 N–H and O–H groups in total. The van der Waals surface area contributed by atoms with Crippen LogP contribution in [-0.4, -0.2) is 32.2 Å². The number of nitrogens with one attached hydrogen (secondary N) is 2. The highest BCUT2D eigenvalue weighted by Gasteiger charge is 2.10. The van der Waals surface area contributed by atoms with Crippen LogP contribution in [0.5, 0.6) is 0 Å². The molecule has 7 nitrogen and oxygen atoms in total. The van der Waals surface area contributed by atoms with Gasteiger partial charge < -0.3 is 22.1 Å². The van der Waals surface area contributed by atoms with Crippen LogP contribution in [0.25, 0.3) is 0 Å². The van der Waals surface area contributed by atoms with Crippen LogP contribution in [-0.2, 0) is 0 Å². The summed E-state index contributed by atoms with van der Waals surface area (Å²) in [5, 5.41) is 5.34. The Labute approximate surface area is 125 Å². The third-order valence-electron chi connectivity index (χ3n) is 2.53. The number of hydrogen-bond donors (Lipinski definition) is 4. The molecule has 0 aliphatic heterocycles. The number of carbonyl (C=O) groups is 1. The number of amides is 2. The Hall–Kier alpha value is -2.57. The summed E-state index contributed by atoms with van der Waals surface area (Å²) in [6, 6.07) is -0.619. The van der Waals surface area contributed by atoms with Crippen LogP contribution >= 0.6 is 0 Å². The molecule has 0 bridgehead atoms. The van der Waals surface area contributed by atoms with Gasteiger partial charge in [-0.15, -0.1) is 0 Å². The third kappa shape index (κ3) is 6.95. The van der Waals surface area contributed by atoms with E-state index in [0.717, 1.165) is 11.1 Å². The second-order valence-corrected chi connectivity index (χ2v) is 4.35. The van der Waals surface area contributed by atoms with Crippen molar-refractivity contribution in [3.8, 4) is 0 Å². The van der Waals surface area contributed by atoms with Crippen LogP contribution in [0.4, 0.5) is 4.79 Å². The van der Waals surface area contributed by atoms with Crippen molar-refractivity contribution < 1.29 is 4.79 Å². The molecule has 0 atom stereocenters. The summed E-state index contributed by atoms with van der Waals surface area (Å²) in [7, 11) is 3.41. The minimum Gasteiger partial charge on any atom is -0.402 e. The van der Waals surface area contributed by atoms with Gasteiger partial charge in [0.25, 0.3) is 0 Å². The molecule has 0 saturated carbocycles. The van der Waals surface area contributed by atoms with Crippen LogP contribution in [0.3, 0.4) is 0 Å². The first-order valence-electron chi connectivity index (χ1n) is 6.37. The standard InChI is InChI=1S/C14H24N6O/c1-9(15)6-12(7-19-8-17-4)13(18-5)10(2)11(3)20-14(16)21/h6-8H,15H2,1-5H3,(H,17,19)(H3,16,20,21)/b9-6+,11-10+,12-7-,18-13+. The summed E-state index contributed by atoms with van der Waals surface area (Å²) in [6.07, 6.45) is 4.94. The molecule has 7 heteroatoms. The summed E-state index contributed by atoms with van der Waals surface area (Å²) in [4.78, 5) is 19.3. The van der Waals surface area contributed by atoms with E-state index in [1.807, 2.05) is 6.92 Å². The molecular formula is C14H24N6O. The Morgan fingerprint density at radius 2 is 1.81 bits per heavy atom. The van der Waals surface area contributed by atoms with Crippen molar-refractivity contribution in [3.05, 3.63) is 34.8 Å². The van der Waals surface area contributed by atoms with Gasteiger partial charge >= 0.3 is 6.03 Å². The number of aliphatic imine (C=N–C) groups is 2. The maximum absolute atomic E-state index is 10.9. The summed E-state index contributed by atoms with van der Waals surface area (Å²) in [6.45, 7) is 5.36. The van der Waals surface area contributed by atoms with E-state index in [1.165, 1.54) is 0 Å². The zero-order valence-electron chi connectivity index (χ0n) is 13.2. The number of rotatable bonds is 6. The van der Waals surface area contributed by atoms with Crippen molar-refractivity contribution in [1.29, 1.82) is 0 Å². The van der Waals surface area contributed by atoms with Crippen molar-refractivity contribution in [1.82, 2.24) is 10.6 Å². The minimum atomic E-state index is -0.619. The molecule has 0 spiro atoms. The molecule has 2 amide bonds. The number of hydrogen-bond acceptors (Lipinski definition) is 4. The summed E-state index contributed by atoms with van der Waals surface area (Å²) in [5.74, 6) is 0. The average molecular weight is 292 g/mol. The van der Waals surface area contributed by atoms with Gasteiger partial charge in [0, 0.05) is 37.3 Å². The molecule has 0 unspecified atom stereocenters. The molecule has 0 heterocycles. The van der Waals surface area contributed by atoms with E-state index >= 15 is 0 Å². The van der Waals surface area contributed by atoms with Gasteiger partial charge in [0.05, 0.1) is 12.1 Å². The van der Waals surface area contributed by atoms with Crippen LogP contribution in [0.2, 0.25) is 0 Å². The van der Waals surface area contributed by atoms with Crippen LogP contribution in [0.1, 0.15) is 20.8 Å². The summed E-state index contributed by atoms with van der Waals surface area (Å²) < 4.78 is 0. The van der Waals surface area contributed by atoms with E-state index in [1.54, 1.807) is 46.6 Å². The number of nitrogens with zero attached hydrogens (tertiary/aromatic N) is 2. The van der Waals surface area contributed by atoms with Crippen molar-refractivity contribution in [3.63, 3.8) is 0 Å². The minimum absolute atomic E-state index is 0.619. The van der Waals surface area contributed by atoms with E-state index in [4.69, 9.17) is 11.5 Å². The molecule has 0 aromatic heterocycles. The quantitative estimate of drug-likeness (QED) is 0.332. The van der Waals surface area contributed by atoms with Gasteiger partial charge in [0.15, 0.2) is 0 Å². The average Bonchev–Trinajstić information content (AvgIpc) is 2.37. The third-order valence-corrected chi connectivity index (χ3v) is 2.53. The molecular weight excluding hydrogens is 268 g/mol. The van der Waals surface area contributed by atoms with Crippen molar-refractivity contribution >= 4 is 18.1 Å². The molecule has 0 aromatic rings. The zero-order valence-corrected chi connectivity index (χ0v) is 13.2. The molecule has 0 aliphatic rings. The van der Waals surface area contributed by atoms with Gasteiger partial charge in [-0.3, -0.25) is 4.99 Å². The van der Waals surface area contributed by atoms with E-state index < -0.39 is 6.03 Å². The van der Waals surface area contributed by atoms with Crippen LogP contribution in [0.15, 0.2) is 44.8 Å². The SMILES string of the molecule is C/N=C(C(=C\N=C\NC)/C=C(\C)N)\C(C)=C(/C)NC(N)=O. The van der Waals surface area contributed by atoms with Gasteiger partial charge in [0.2, 0.25) is 0 Å². The molecule has 0 saturated heterocycles. The lowest BCUT2D eigenvalue weighted by Gasteiger charge is -2.12. The van der Waals surface area contributed by atoms with Gasteiger partial charge in [-0.05, 0) is 32.4 Å². The highest BCUT2D eigenvalue weighted by Crippen LogP contribution is 2.13. The molecule has 21 heavy (non-hydrogen) atoms. The van der Waals surface area contributed by atoms with Crippen molar-refractivity contribution in [2.45, 2.75) is 20.8 Å². The number of nitrogens with two attached hydrogens (primary N) is 2. The maximum Gasteiger partial charge on any atom is 0.316 e. The number of carbonyl (C=O) groups excluding carboxylic acids is 1. The molecule has 0 aliphatic carbocycles. The highest BCUT2D eigenvalue weighted by atomic mass is 16.2. The molecule has 116 valence electrons. The predicted octanol–water partition coefficient (Wildman–Crippen LogP) is 1.01. The highest BCUT2D eigenvalue weighted by molar-refractivity contribution is 6.14. The lowest BCUT2D eigenvalue weighted by atomic mass is 10.0. The Bertz CT molecular complexity index is 522. The first-order valence-corrected chi connectivity index (χ1v) is 6.37. The number of urea groups is 1. The van der Waals surface area contributed by atoms with Gasteiger partial charge in [0.1, 0.15) is 0 Å². The van der Waals surface area contributed by atoms with Gasteiger partial charge in [-0.2, -0.15) is 0 Å². The fourth-order valence-electron chi connectivity index (χ4n) is 1.57. The Balaban J connectivity index is 5.74. The largest absolute Gasteiger partial charge is 0.402 e. The van der Waals surface area contributed by atoms with E-state index in [9.17, 15) is 4.79 Å².